The lowest BCUT2D eigenvalue weighted by Crippen LogP contribution is -2.49. The van der Waals surface area contributed by atoms with Crippen LogP contribution in [0.3, 0.4) is 0 Å². The minimum Gasteiger partial charge on any atom is -0.382 e. The zero-order valence-corrected chi connectivity index (χ0v) is 20.0. The van der Waals surface area contributed by atoms with Crippen molar-refractivity contribution in [2.75, 3.05) is 48.7 Å². The smallest absolute Gasteiger partial charge is 0.238 e. The topological polar surface area (TPSA) is 122 Å². The fourth-order valence-corrected chi connectivity index (χ4v) is 5.15. The summed E-state index contributed by atoms with van der Waals surface area (Å²) in [6, 6.07) is 14.3. The summed E-state index contributed by atoms with van der Waals surface area (Å²) in [4.78, 5) is 25.0. The third kappa shape index (κ3) is 5.35. The SMILES string of the molecule is Cc1ccc(NC(=O)CN2CCN(c3ncc(S(=O)(=O)c4cccc(C)c4)c(N)n3)CC2)cc1. The minimum atomic E-state index is -3.81. The van der Waals surface area contributed by atoms with Crippen molar-refractivity contribution in [3.05, 3.63) is 65.9 Å². The molecule has 4 rings (SSSR count). The maximum atomic E-state index is 13.0. The number of hydrogen-bond acceptors (Lipinski definition) is 8. The Morgan fingerprint density at radius 3 is 2.38 bits per heavy atom. The zero-order chi connectivity index (χ0) is 24.3. The number of benzene rings is 2. The number of carbonyl (C=O) groups is 1. The van der Waals surface area contributed by atoms with E-state index in [0.717, 1.165) is 16.8 Å². The lowest BCUT2D eigenvalue weighted by Gasteiger charge is -2.34. The van der Waals surface area contributed by atoms with Crippen molar-refractivity contribution in [3.63, 3.8) is 0 Å². The van der Waals surface area contributed by atoms with E-state index in [1.807, 2.05) is 49.1 Å². The number of nitrogens with zero attached hydrogens (tertiary/aromatic N) is 4. The van der Waals surface area contributed by atoms with Crippen LogP contribution in [0.4, 0.5) is 17.5 Å². The predicted molar refractivity (Wildman–Crippen MR) is 132 cm³/mol. The van der Waals surface area contributed by atoms with Gasteiger partial charge < -0.3 is 16.0 Å². The molecule has 1 aliphatic heterocycles. The molecule has 0 radical (unpaired) electrons. The van der Waals surface area contributed by atoms with Crippen molar-refractivity contribution in [3.8, 4) is 0 Å². The van der Waals surface area contributed by atoms with Crippen molar-refractivity contribution in [1.29, 1.82) is 0 Å². The Balaban J connectivity index is 1.37. The van der Waals surface area contributed by atoms with E-state index in [-0.39, 0.29) is 21.5 Å². The molecular formula is C24H28N6O3S. The van der Waals surface area contributed by atoms with E-state index in [1.165, 1.54) is 12.3 Å². The number of anilines is 3. The number of carbonyl (C=O) groups excluding carboxylic acids is 1. The van der Waals surface area contributed by atoms with Gasteiger partial charge >= 0.3 is 0 Å². The van der Waals surface area contributed by atoms with Gasteiger partial charge in [0, 0.05) is 31.9 Å². The van der Waals surface area contributed by atoms with Crippen LogP contribution in [0.25, 0.3) is 0 Å². The van der Waals surface area contributed by atoms with Crippen LogP contribution in [0.15, 0.2) is 64.5 Å². The number of nitrogens with one attached hydrogen (secondary N) is 1. The van der Waals surface area contributed by atoms with Gasteiger partial charge in [-0.15, -0.1) is 0 Å². The number of sulfone groups is 1. The fourth-order valence-electron chi connectivity index (χ4n) is 3.79. The Morgan fingerprint density at radius 1 is 1.03 bits per heavy atom. The summed E-state index contributed by atoms with van der Waals surface area (Å²) >= 11 is 0. The van der Waals surface area contributed by atoms with Gasteiger partial charge in [0.05, 0.1) is 17.6 Å². The van der Waals surface area contributed by atoms with Gasteiger partial charge in [-0.1, -0.05) is 29.8 Å². The summed E-state index contributed by atoms with van der Waals surface area (Å²) in [5, 5.41) is 2.91. The van der Waals surface area contributed by atoms with Crippen LogP contribution in [-0.2, 0) is 14.6 Å². The Bertz CT molecular complexity index is 1290. The normalized spacial score (nSPS) is 14.7. The number of aryl methyl sites for hydroxylation is 2. The van der Waals surface area contributed by atoms with Crippen LogP contribution in [0.2, 0.25) is 0 Å². The molecule has 1 aromatic heterocycles. The van der Waals surface area contributed by atoms with Gasteiger partial charge in [0.25, 0.3) is 0 Å². The van der Waals surface area contributed by atoms with Crippen LogP contribution in [0, 0.1) is 13.8 Å². The molecule has 0 unspecified atom stereocenters. The van der Waals surface area contributed by atoms with Gasteiger partial charge in [-0.25, -0.2) is 13.4 Å². The number of piperazine rings is 1. The Hall–Kier alpha value is -3.50. The lowest BCUT2D eigenvalue weighted by atomic mass is 10.2. The first-order valence-corrected chi connectivity index (χ1v) is 12.5. The molecule has 0 bridgehead atoms. The number of rotatable bonds is 6. The molecule has 0 saturated carbocycles. The molecular weight excluding hydrogens is 452 g/mol. The lowest BCUT2D eigenvalue weighted by molar-refractivity contribution is -0.117. The molecule has 34 heavy (non-hydrogen) atoms. The average molecular weight is 481 g/mol. The second-order valence-corrected chi connectivity index (χ2v) is 10.3. The molecule has 0 atom stereocenters. The van der Waals surface area contributed by atoms with Gasteiger partial charge in [-0.05, 0) is 43.7 Å². The van der Waals surface area contributed by atoms with Gasteiger partial charge in [-0.2, -0.15) is 4.98 Å². The molecule has 9 nitrogen and oxygen atoms in total. The second-order valence-electron chi connectivity index (χ2n) is 8.42. The molecule has 1 amide bonds. The summed E-state index contributed by atoms with van der Waals surface area (Å²) in [6.07, 6.45) is 1.27. The van der Waals surface area contributed by atoms with Gasteiger partial charge in [0.2, 0.25) is 21.7 Å². The van der Waals surface area contributed by atoms with E-state index in [9.17, 15) is 13.2 Å². The number of nitrogen functional groups attached to an aromatic ring is 1. The molecule has 1 saturated heterocycles. The maximum Gasteiger partial charge on any atom is 0.238 e. The monoisotopic (exact) mass is 480 g/mol. The van der Waals surface area contributed by atoms with E-state index < -0.39 is 9.84 Å². The van der Waals surface area contributed by atoms with Crippen molar-refractivity contribution in [2.24, 2.45) is 0 Å². The Kier molecular flexibility index (Phi) is 6.80. The van der Waals surface area contributed by atoms with Crippen molar-refractivity contribution < 1.29 is 13.2 Å². The highest BCUT2D eigenvalue weighted by molar-refractivity contribution is 7.91. The minimum absolute atomic E-state index is 0.0662. The Labute approximate surface area is 199 Å². The summed E-state index contributed by atoms with van der Waals surface area (Å²) in [7, 11) is -3.81. The molecule has 178 valence electrons. The largest absolute Gasteiger partial charge is 0.382 e. The highest BCUT2D eigenvalue weighted by Crippen LogP contribution is 2.26. The van der Waals surface area contributed by atoms with E-state index >= 15 is 0 Å². The van der Waals surface area contributed by atoms with Gasteiger partial charge in [-0.3, -0.25) is 9.69 Å². The molecule has 10 heteroatoms. The standard InChI is InChI=1S/C24H28N6O3S/c1-17-6-8-19(9-7-17)27-22(31)16-29-10-12-30(13-11-29)24-26-15-21(23(25)28-24)34(32,33)20-5-3-4-18(2)14-20/h3-9,14-15H,10-13,16H2,1-2H3,(H,27,31)(H2,25,26,28). The molecule has 2 aromatic carbocycles. The van der Waals surface area contributed by atoms with E-state index in [1.54, 1.807) is 12.1 Å². The highest BCUT2D eigenvalue weighted by Gasteiger charge is 2.25. The number of hydrogen-bond donors (Lipinski definition) is 2. The molecule has 3 N–H and O–H groups in total. The Morgan fingerprint density at radius 2 is 1.74 bits per heavy atom. The van der Waals surface area contributed by atoms with Gasteiger partial charge in [0.15, 0.2) is 0 Å². The highest BCUT2D eigenvalue weighted by atomic mass is 32.2. The molecule has 0 spiro atoms. The number of amides is 1. The first-order valence-electron chi connectivity index (χ1n) is 11.0. The third-order valence-corrected chi connectivity index (χ3v) is 7.49. The second kappa shape index (κ2) is 9.78. The molecule has 1 aliphatic rings. The molecule has 0 aliphatic carbocycles. The summed E-state index contributed by atoms with van der Waals surface area (Å²) in [5.41, 5.74) is 8.79. The van der Waals surface area contributed by atoms with E-state index in [0.29, 0.717) is 38.7 Å². The van der Waals surface area contributed by atoms with E-state index in [2.05, 4.69) is 20.2 Å². The molecule has 3 aromatic rings. The van der Waals surface area contributed by atoms with Crippen molar-refractivity contribution in [2.45, 2.75) is 23.6 Å². The first-order chi connectivity index (χ1) is 16.2. The maximum absolute atomic E-state index is 13.0. The van der Waals surface area contributed by atoms with E-state index in [4.69, 9.17) is 5.73 Å². The summed E-state index contributed by atoms with van der Waals surface area (Å²) < 4.78 is 25.9. The average Bonchev–Trinajstić information content (AvgIpc) is 2.81. The van der Waals surface area contributed by atoms with Crippen LogP contribution < -0.4 is 16.0 Å². The molecule has 2 heterocycles. The number of nitrogens with two attached hydrogens (primary N) is 1. The summed E-state index contributed by atoms with van der Waals surface area (Å²) in [6.45, 7) is 6.61. The zero-order valence-electron chi connectivity index (χ0n) is 19.2. The van der Waals surface area contributed by atoms with Crippen LogP contribution in [-0.4, -0.2) is 61.9 Å². The predicted octanol–water partition coefficient (Wildman–Crippen LogP) is 2.27. The van der Waals surface area contributed by atoms with Crippen molar-refractivity contribution >= 4 is 33.2 Å². The first kappa shape index (κ1) is 23.7. The fraction of sp³-hybridized carbons (Fsp3) is 0.292. The van der Waals surface area contributed by atoms with Crippen LogP contribution in [0.1, 0.15) is 11.1 Å². The summed E-state index contributed by atoms with van der Waals surface area (Å²) in [5.74, 6) is 0.236. The van der Waals surface area contributed by atoms with Gasteiger partial charge in [0.1, 0.15) is 10.7 Å². The molecule has 1 fully saturated rings. The number of aromatic nitrogens is 2. The van der Waals surface area contributed by atoms with Crippen LogP contribution >= 0.6 is 0 Å². The third-order valence-electron chi connectivity index (χ3n) is 5.72. The van der Waals surface area contributed by atoms with Crippen molar-refractivity contribution in [1.82, 2.24) is 14.9 Å². The quantitative estimate of drug-likeness (QED) is 0.551. The van der Waals surface area contributed by atoms with Crippen LogP contribution in [0.5, 0.6) is 0 Å².